The van der Waals surface area contributed by atoms with E-state index in [0.29, 0.717) is 13.6 Å². The molecule has 1 unspecified atom stereocenters. The summed E-state index contributed by atoms with van der Waals surface area (Å²) in [6, 6.07) is 17.9. The van der Waals surface area contributed by atoms with Crippen LogP contribution in [0.15, 0.2) is 59.0 Å². The maximum Gasteiger partial charge on any atom is 0.272 e. The fourth-order valence-corrected chi connectivity index (χ4v) is 4.22. The van der Waals surface area contributed by atoms with Crippen LogP contribution in [0.5, 0.6) is 5.75 Å². The molecule has 120 valence electrons. The molecule has 1 heterocycles. The van der Waals surface area contributed by atoms with Gasteiger partial charge in [0.15, 0.2) is 5.58 Å². The summed E-state index contributed by atoms with van der Waals surface area (Å²) in [5, 5.41) is -0.285. The van der Waals surface area contributed by atoms with E-state index in [1.54, 1.807) is 0 Å². The second-order valence-corrected chi connectivity index (χ2v) is 7.33. The van der Waals surface area contributed by atoms with Crippen molar-refractivity contribution in [3.8, 4) is 5.75 Å². The molecule has 0 amide bonds. The lowest BCUT2D eigenvalue weighted by Gasteiger charge is -2.32. The van der Waals surface area contributed by atoms with Crippen molar-refractivity contribution in [1.29, 1.82) is 0 Å². The van der Waals surface area contributed by atoms with Crippen LogP contribution in [-0.2, 0) is 0 Å². The molecule has 0 spiro atoms. The van der Waals surface area contributed by atoms with Crippen LogP contribution in [0.4, 0.5) is 0 Å². The zero-order valence-corrected chi connectivity index (χ0v) is 15.1. The Labute approximate surface area is 143 Å². The van der Waals surface area contributed by atoms with Gasteiger partial charge in [-0.2, -0.15) is 0 Å². The molecule has 1 atom stereocenters. The summed E-state index contributed by atoms with van der Waals surface area (Å²) in [7, 11) is 0.365. The smallest absolute Gasteiger partial charge is 0.272 e. The molecule has 3 nitrogen and oxygen atoms in total. The minimum Gasteiger partial charge on any atom is -0.481 e. The zero-order valence-electron chi connectivity index (χ0n) is 13.3. The molecule has 0 bridgehead atoms. The number of ether oxygens (including phenoxy) is 1. The van der Waals surface area contributed by atoms with Crippen LogP contribution >= 0.6 is 20.9 Å². The van der Waals surface area contributed by atoms with Gasteiger partial charge in [0, 0.05) is 8.73 Å². The van der Waals surface area contributed by atoms with Gasteiger partial charge < -0.3 is 9.15 Å². The number of fused-ring (bicyclic) bond motifs is 1. The first-order valence-corrected chi connectivity index (χ1v) is 9.16. The summed E-state index contributed by atoms with van der Waals surface area (Å²) >= 11 is 5.43. The maximum absolute atomic E-state index is 6.38. The average Bonchev–Trinajstić information content (AvgIpc) is 2.90. The van der Waals surface area contributed by atoms with Crippen LogP contribution in [0.1, 0.15) is 26.7 Å². The van der Waals surface area contributed by atoms with Crippen molar-refractivity contribution in [2.75, 3.05) is 0 Å². The van der Waals surface area contributed by atoms with Gasteiger partial charge in [-0.05, 0) is 49.3 Å². The van der Waals surface area contributed by atoms with E-state index in [2.05, 4.69) is 18.2 Å². The van der Waals surface area contributed by atoms with Crippen LogP contribution in [0.3, 0.4) is 0 Å². The van der Waals surface area contributed by atoms with Crippen LogP contribution in [-0.4, -0.2) is 9.68 Å². The van der Waals surface area contributed by atoms with Crippen LogP contribution < -0.4 is 4.74 Å². The van der Waals surface area contributed by atoms with E-state index >= 15 is 0 Å². The highest BCUT2D eigenvalue weighted by molar-refractivity contribution is 7.71. The molecular formula is C18H20NO2PS. The molecule has 1 aromatic heterocycles. The molecule has 0 saturated carbocycles. The van der Waals surface area contributed by atoms with E-state index in [9.17, 15) is 0 Å². The molecule has 0 saturated heterocycles. The molecule has 2 aromatic carbocycles. The number of oxazole rings is 1. The molecule has 0 fully saturated rings. The second-order valence-electron chi connectivity index (χ2n) is 5.40. The Morgan fingerprint density at radius 2 is 1.70 bits per heavy atom. The first-order chi connectivity index (χ1) is 11.2. The molecule has 3 aromatic rings. The number of aromatic nitrogens is 1. The first-order valence-electron chi connectivity index (χ1n) is 7.80. The topological polar surface area (TPSA) is 27.3 Å². The molecular weight excluding hydrogens is 325 g/mol. The van der Waals surface area contributed by atoms with E-state index < -0.39 is 0 Å². The number of nitrogens with zero attached hydrogens (tertiary/aromatic N) is 1. The molecule has 0 radical (unpaired) electrons. The lowest BCUT2D eigenvalue weighted by molar-refractivity contribution is 0.151. The van der Waals surface area contributed by atoms with E-state index in [4.69, 9.17) is 21.4 Å². The average molecular weight is 345 g/mol. The van der Waals surface area contributed by atoms with E-state index in [0.717, 1.165) is 29.7 Å². The van der Waals surface area contributed by atoms with Gasteiger partial charge in [0.25, 0.3) is 4.84 Å². The fourth-order valence-electron chi connectivity index (χ4n) is 2.57. The van der Waals surface area contributed by atoms with Gasteiger partial charge in [0.2, 0.25) is 0 Å². The molecule has 0 aliphatic carbocycles. The highest BCUT2D eigenvalue weighted by atomic mass is 32.1. The van der Waals surface area contributed by atoms with Gasteiger partial charge in [-0.25, -0.2) is 0 Å². The van der Waals surface area contributed by atoms with Gasteiger partial charge >= 0.3 is 0 Å². The number of rotatable bonds is 6. The number of benzene rings is 2. The predicted molar refractivity (Wildman–Crippen MR) is 99.1 cm³/mol. The van der Waals surface area contributed by atoms with Gasteiger partial charge in [0.05, 0.1) is 5.52 Å². The summed E-state index contributed by atoms with van der Waals surface area (Å²) in [6.45, 7) is 4.32. The quantitative estimate of drug-likeness (QED) is 0.405. The Morgan fingerprint density at radius 1 is 1.04 bits per heavy atom. The van der Waals surface area contributed by atoms with Gasteiger partial charge in [-0.1, -0.05) is 44.2 Å². The third kappa shape index (κ3) is 3.34. The minimum atomic E-state index is -0.285. The Bertz CT molecular complexity index is 837. The molecule has 0 aliphatic heterocycles. The van der Waals surface area contributed by atoms with Crippen molar-refractivity contribution in [3.63, 3.8) is 0 Å². The van der Waals surface area contributed by atoms with Crippen molar-refractivity contribution in [2.24, 2.45) is 0 Å². The van der Waals surface area contributed by atoms with Crippen LogP contribution in [0.2, 0.25) is 0 Å². The third-order valence-corrected chi connectivity index (χ3v) is 6.31. The standard InChI is InChI=1S/C18H20NO2PS/c1-3-18(4-2,21-14-10-6-5-7-11-14)22-19-15-12-8-9-13-16(15)20-17(19)23/h5-13,22H,3-4H2,1-2H3. The highest BCUT2D eigenvalue weighted by Gasteiger charge is 2.30. The van der Waals surface area contributed by atoms with Crippen molar-refractivity contribution in [2.45, 2.75) is 32.0 Å². The Balaban J connectivity index is 1.98. The number of para-hydroxylation sites is 3. The first kappa shape index (κ1) is 16.2. The molecule has 0 N–H and O–H groups in total. The third-order valence-electron chi connectivity index (χ3n) is 4.00. The highest BCUT2D eigenvalue weighted by Crippen LogP contribution is 2.43. The van der Waals surface area contributed by atoms with Gasteiger partial charge in [-0.15, -0.1) is 0 Å². The van der Waals surface area contributed by atoms with Crippen LogP contribution in [0.25, 0.3) is 11.1 Å². The van der Waals surface area contributed by atoms with Crippen molar-refractivity contribution < 1.29 is 9.15 Å². The van der Waals surface area contributed by atoms with Crippen molar-refractivity contribution in [3.05, 3.63) is 59.4 Å². The monoisotopic (exact) mass is 345 g/mol. The maximum atomic E-state index is 6.38. The summed E-state index contributed by atoms with van der Waals surface area (Å²) < 4.78 is 14.2. The van der Waals surface area contributed by atoms with Gasteiger partial charge in [0.1, 0.15) is 11.1 Å². The summed E-state index contributed by atoms with van der Waals surface area (Å²) in [6.07, 6.45) is 1.80. The molecule has 0 aliphatic rings. The Hall–Kier alpha value is -1.64. The largest absolute Gasteiger partial charge is 0.481 e. The minimum absolute atomic E-state index is 0.285. The number of hydrogen-bond acceptors (Lipinski definition) is 3. The fraction of sp³-hybridized carbons (Fsp3) is 0.278. The molecule has 5 heteroatoms. The lowest BCUT2D eigenvalue weighted by Crippen LogP contribution is -2.30. The Morgan fingerprint density at radius 3 is 2.39 bits per heavy atom. The number of hydrogen-bond donors (Lipinski definition) is 0. The molecule has 3 rings (SSSR count). The van der Waals surface area contributed by atoms with Crippen molar-refractivity contribution in [1.82, 2.24) is 4.34 Å². The summed E-state index contributed by atoms with van der Waals surface area (Å²) in [5.41, 5.74) is 1.85. The SMILES string of the molecule is CCC(CC)(Oc1ccccc1)Pn1c(=S)oc2ccccc21. The molecule has 23 heavy (non-hydrogen) atoms. The zero-order chi connectivity index (χ0) is 16.3. The predicted octanol–water partition coefficient (Wildman–Crippen LogP) is 6.00. The van der Waals surface area contributed by atoms with Crippen LogP contribution in [0, 0.1) is 4.84 Å². The lowest BCUT2D eigenvalue weighted by atomic mass is 10.2. The van der Waals surface area contributed by atoms with Crippen molar-refractivity contribution >= 4 is 32.0 Å². The Kier molecular flexibility index (Phi) is 4.84. The van der Waals surface area contributed by atoms with E-state index in [-0.39, 0.29) is 5.34 Å². The summed E-state index contributed by atoms with van der Waals surface area (Å²) in [5.74, 6) is 0.892. The summed E-state index contributed by atoms with van der Waals surface area (Å²) in [4.78, 5) is 0.507. The van der Waals surface area contributed by atoms with E-state index in [1.807, 2.05) is 54.6 Å². The van der Waals surface area contributed by atoms with E-state index in [1.165, 1.54) is 0 Å². The second kappa shape index (κ2) is 6.86. The normalized spacial score (nSPS) is 12.3. The van der Waals surface area contributed by atoms with Gasteiger partial charge in [-0.3, -0.25) is 4.34 Å².